The quantitative estimate of drug-likeness (QED) is 0.469. The number of hydrogen-bond acceptors (Lipinski definition) is 3. The van der Waals surface area contributed by atoms with Crippen molar-refractivity contribution in [1.29, 1.82) is 0 Å². The van der Waals surface area contributed by atoms with Crippen LogP contribution in [-0.2, 0) is 0 Å². The Morgan fingerprint density at radius 1 is 1.61 bits per heavy atom. The summed E-state index contributed by atoms with van der Waals surface area (Å²) in [4.78, 5) is 2.55. The smallest absolute Gasteiger partial charge is 0.0679 e. The third-order valence-electron chi connectivity index (χ3n) is 5.00. The predicted octanol–water partition coefficient (Wildman–Crippen LogP) is 2.74. The van der Waals surface area contributed by atoms with Crippen LogP contribution in [0.15, 0.2) is 41.6 Å². The van der Waals surface area contributed by atoms with Gasteiger partial charge in [-0.3, -0.25) is 4.90 Å². The Morgan fingerprint density at radius 2 is 2.44 bits per heavy atom. The molecule has 3 aliphatic rings. The average Bonchev–Trinajstić information content (AvgIpc) is 2.32. The molecule has 0 radical (unpaired) electrons. The summed E-state index contributed by atoms with van der Waals surface area (Å²) in [7, 11) is 0. The highest BCUT2D eigenvalue weighted by molar-refractivity contribution is 6.00. The van der Waals surface area contributed by atoms with Crippen LogP contribution in [0.3, 0.4) is 0 Å². The highest BCUT2D eigenvalue weighted by Gasteiger charge is 2.74. The fourth-order valence-corrected chi connectivity index (χ4v) is 3.91. The Labute approximate surface area is 108 Å². The maximum atomic E-state index is 8.99. The zero-order valence-corrected chi connectivity index (χ0v) is 10.8. The molecule has 2 saturated carbocycles. The molecule has 3 nitrogen and oxygen atoms in total. The molecule has 18 heavy (non-hydrogen) atoms. The van der Waals surface area contributed by atoms with Crippen molar-refractivity contribution in [1.82, 2.24) is 4.90 Å². The second-order valence-corrected chi connectivity index (χ2v) is 5.51. The van der Waals surface area contributed by atoms with E-state index in [9.17, 15) is 0 Å². The molecule has 0 aromatic rings. The highest BCUT2D eigenvalue weighted by Crippen LogP contribution is 2.66. The van der Waals surface area contributed by atoms with Gasteiger partial charge in [0.05, 0.1) is 5.71 Å². The lowest BCUT2D eigenvalue weighted by atomic mass is 9.41. The summed E-state index contributed by atoms with van der Waals surface area (Å²) in [5.41, 5.74) is 2.57. The predicted molar refractivity (Wildman–Crippen MR) is 72.9 cm³/mol. The van der Waals surface area contributed by atoms with Crippen molar-refractivity contribution >= 4 is 5.71 Å². The van der Waals surface area contributed by atoms with E-state index in [4.69, 9.17) is 5.21 Å². The van der Waals surface area contributed by atoms with Gasteiger partial charge in [0.2, 0.25) is 0 Å². The van der Waals surface area contributed by atoms with Crippen molar-refractivity contribution in [3.05, 3.63) is 36.5 Å². The van der Waals surface area contributed by atoms with E-state index >= 15 is 0 Å². The molecule has 3 heteroatoms. The van der Waals surface area contributed by atoms with E-state index in [2.05, 4.69) is 28.8 Å². The van der Waals surface area contributed by atoms with E-state index < -0.39 is 0 Å². The molecular weight excluding hydrogens is 224 g/mol. The number of allylic oxidation sites excluding steroid dienone is 3. The van der Waals surface area contributed by atoms with Crippen LogP contribution in [0.4, 0.5) is 0 Å². The maximum absolute atomic E-state index is 8.99. The van der Waals surface area contributed by atoms with Gasteiger partial charge in [0, 0.05) is 30.5 Å². The van der Waals surface area contributed by atoms with Gasteiger partial charge in [-0.05, 0) is 25.3 Å². The van der Waals surface area contributed by atoms with E-state index in [1.807, 2.05) is 19.1 Å². The van der Waals surface area contributed by atoms with Gasteiger partial charge < -0.3 is 5.21 Å². The van der Waals surface area contributed by atoms with Gasteiger partial charge in [-0.2, -0.15) is 0 Å². The van der Waals surface area contributed by atoms with Crippen molar-refractivity contribution in [2.75, 3.05) is 6.54 Å². The number of nitrogens with zero attached hydrogens (tertiary/aromatic N) is 2. The topological polar surface area (TPSA) is 35.8 Å². The monoisotopic (exact) mass is 244 g/mol. The highest BCUT2D eigenvalue weighted by atomic mass is 16.4. The summed E-state index contributed by atoms with van der Waals surface area (Å²) in [5, 5.41) is 12.5. The molecular formula is C15H20N2O. The first kappa shape index (κ1) is 11.7. The summed E-state index contributed by atoms with van der Waals surface area (Å²) >= 11 is 0. The molecule has 1 saturated heterocycles. The van der Waals surface area contributed by atoms with Crippen LogP contribution < -0.4 is 0 Å². The first-order valence-corrected chi connectivity index (χ1v) is 6.69. The fourth-order valence-electron chi connectivity index (χ4n) is 3.91. The minimum absolute atomic E-state index is 0.266. The van der Waals surface area contributed by atoms with Gasteiger partial charge >= 0.3 is 0 Å². The second-order valence-electron chi connectivity index (χ2n) is 5.51. The summed E-state index contributed by atoms with van der Waals surface area (Å²) in [5.74, 6) is 0. The molecule has 3 atom stereocenters. The molecule has 2 aliphatic carbocycles. The molecule has 0 bridgehead atoms. The van der Waals surface area contributed by atoms with Crippen LogP contribution in [0.2, 0.25) is 0 Å². The minimum Gasteiger partial charge on any atom is -0.411 e. The van der Waals surface area contributed by atoms with Gasteiger partial charge in [-0.15, -0.1) is 0 Å². The molecule has 1 N–H and O–H groups in total. The lowest BCUT2D eigenvalue weighted by Gasteiger charge is -2.76. The van der Waals surface area contributed by atoms with Crippen LogP contribution in [0.1, 0.15) is 26.2 Å². The summed E-state index contributed by atoms with van der Waals surface area (Å²) in [6.07, 6.45) is 11.6. The number of hydrogen-bond donors (Lipinski definition) is 1. The normalized spacial score (nSPS) is 40.7. The Balaban J connectivity index is 1.69. The number of oxime groups is 1. The van der Waals surface area contributed by atoms with Crippen molar-refractivity contribution in [2.24, 2.45) is 10.6 Å². The minimum atomic E-state index is 0.266. The zero-order valence-electron chi connectivity index (χ0n) is 10.8. The van der Waals surface area contributed by atoms with Gasteiger partial charge in [0.1, 0.15) is 0 Å². The van der Waals surface area contributed by atoms with Crippen LogP contribution in [0.5, 0.6) is 0 Å². The second kappa shape index (κ2) is 4.09. The van der Waals surface area contributed by atoms with Crippen LogP contribution in [0, 0.1) is 5.41 Å². The summed E-state index contributed by atoms with van der Waals surface area (Å²) in [6, 6.07) is 1.22. The Bertz CT molecular complexity index is 455. The van der Waals surface area contributed by atoms with Gasteiger partial charge in [0.15, 0.2) is 0 Å². The van der Waals surface area contributed by atoms with Crippen LogP contribution in [-0.4, -0.2) is 34.4 Å². The molecule has 0 aromatic carbocycles. The molecule has 3 fully saturated rings. The van der Waals surface area contributed by atoms with Crippen molar-refractivity contribution in [3.63, 3.8) is 0 Å². The van der Waals surface area contributed by atoms with E-state index in [0.29, 0.717) is 12.1 Å². The van der Waals surface area contributed by atoms with Gasteiger partial charge in [0.25, 0.3) is 0 Å². The molecule has 0 aromatic heterocycles. The lowest BCUT2D eigenvalue weighted by molar-refractivity contribution is -0.183. The average molecular weight is 244 g/mol. The SMILES string of the molecule is C=C/C(=C\C=C/C)CN1C2CCC23/C(=N/O)CC13. The third kappa shape index (κ3) is 1.25. The van der Waals surface area contributed by atoms with E-state index in [0.717, 1.165) is 18.7 Å². The number of likely N-dealkylation sites (tertiary alicyclic amines) is 1. The number of piperidine rings is 2. The van der Waals surface area contributed by atoms with E-state index in [1.165, 1.54) is 18.4 Å². The number of rotatable bonds is 4. The van der Waals surface area contributed by atoms with Gasteiger partial charge in [-0.1, -0.05) is 36.0 Å². The molecule has 0 amide bonds. The molecule has 3 rings (SSSR count). The molecule has 1 spiro atoms. The fraction of sp³-hybridized carbons (Fsp3) is 0.533. The van der Waals surface area contributed by atoms with Gasteiger partial charge in [-0.25, -0.2) is 0 Å². The summed E-state index contributed by atoms with van der Waals surface area (Å²) in [6.45, 7) is 6.88. The molecule has 3 unspecified atom stereocenters. The largest absolute Gasteiger partial charge is 0.411 e. The first-order chi connectivity index (χ1) is 8.77. The van der Waals surface area contributed by atoms with Crippen LogP contribution in [0.25, 0.3) is 0 Å². The van der Waals surface area contributed by atoms with E-state index in [1.54, 1.807) is 0 Å². The third-order valence-corrected chi connectivity index (χ3v) is 5.00. The Hall–Kier alpha value is -1.35. The van der Waals surface area contributed by atoms with E-state index in [-0.39, 0.29) is 5.41 Å². The van der Waals surface area contributed by atoms with Crippen molar-refractivity contribution in [3.8, 4) is 0 Å². The standard InChI is InChI=1S/C15H20N2O/c1-3-5-6-11(4-2)10-17-13-7-8-15(13)12(16-18)9-14(15)17/h3-6,13-14,18H,2,7-10H2,1H3/b5-3-,11-6+,16-12+. The maximum Gasteiger partial charge on any atom is 0.0679 e. The Morgan fingerprint density at radius 3 is 2.94 bits per heavy atom. The molecule has 1 aliphatic heterocycles. The summed E-state index contributed by atoms with van der Waals surface area (Å²) < 4.78 is 0. The van der Waals surface area contributed by atoms with Crippen molar-refractivity contribution in [2.45, 2.75) is 38.3 Å². The lowest BCUT2D eigenvalue weighted by Crippen LogP contribution is -2.85. The molecule has 96 valence electrons. The first-order valence-electron chi connectivity index (χ1n) is 6.69. The zero-order chi connectivity index (χ0) is 12.8. The van der Waals surface area contributed by atoms with Crippen molar-refractivity contribution < 1.29 is 5.21 Å². The Kier molecular flexibility index (Phi) is 2.67. The van der Waals surface area contributed by atoms with Crippen LogP contribution >= 0.6 is 0 Å². The molecule has 1 heterocycles.